The molecule has 7 heteroatoms. The van der Waals surface area contributed by atoms with Gasteiger partial charge in [-0.05, 0) is 58.4 Å². The van der Waals surface area contributed by atoms with Gasteiger partial charge in [-0.15, -0.1) is 18.2 Å². The summed E-state index contributed by atoms with van der Waals surface area (Å²) in [6, 6.07) is 46.7. The van der Waals surface area contributed by atoms with Gasteiger partial charge >= 0.3 is 126 Å². The first kappa shape index (κ1) is 43.9. The molecule has 311 valence electrons. The number of hydrogen-bond donors (Lipinski definition) is 0. The topological polar surface area (TPSA) is 56.7 Å². The Balaban J connectivity index is 0.000000226. The van der Waals surface area contributed by atoms with Gasteiger partial charge in [-0.1, -0.05) is 87.2 Å². The van der Waals surface area contributed by atoms with Gasteiger partial charge in [-0.25, -0.2) is 0 Å². The molecule has 9 aromatic rings. The Morgan fingerprint density at radius 1 is 0.705 bits per heavy atom. The fraction of sp³-hybridized carbons (Fsp3) is 0.241. The molecule has 0 fully saturated rings. The van der Waals surface area contributed by atoms with E-state index in [0.717, 1.165) is 67.7 Å². The molecule has 1 radical (unpaired) electrons. The molecule has 0 N–H and O–H groups in total. The van der Waals surface area contributed by atoms with E-state index in [0.29, 0.717) is 5.92 Å². The predicted octanol–water partition coefficient (Wildman–Crippen LogP) is 14.0. The van der Waals surface area contributed by atoms with Crippen LogP contribution in [0.5, 0.6) is 0 Å². The van der Waals surface area contributed by atoms with E-state index in [2.05, 4.69) is 153 Å². The number of furan rings is 1. The summed E-state index contributed by atoms with van der Waals surface area (Å²) in [6.07, 6.45) is 7.00. The van der Waals surface area contributed by atoms with Gasteiger partial charge in [0.15, 0.2) is 0 Å². The third-order valence-electron chi connectivity index (χ3n) is 11.2. The molecule has 0 amide bonds. The first-order valence-corrected chi connectivity index (χ1v) is 28.6. The maximum absolute atomic E-state index is 6.46. The van der Waals surface area contributed by atoms with E-state index in [1.807, 2.05) is 54.7 Å². The summed E-state index contributed by atoms with van der Waals surface area (Å²) in [7, 11) is 0. The van der Waals surface area contributed by atoms with Crippen molar-refractivity contribution in [3.05, 3.63) is 163 Å². The zero-order valence-electron chi connectivity index (χ0n) is 36.7. The van der Waals surface area contributed by atoms with Crippen molar-refractivity contribution in [3.8, 4) is 39.5 Å². The van der Waals surface area contributed by atoms with Crippen LogP contribution >= 0.6 is 0 Å². The number of rotatable bonds is 9. The number of nitrogens with zero attached hydrogens (tertiary/aromatic N) is 4. The second kappa shape index (κ2) is 18.5. The average Bonchev–Trinajstić information content (AvgIpc) is 3.82. The number of hydrogen-bond acceptors (Lipinski definition) is 4. The fourth-order valence-corrected chi connectivity index (χ4v) is 11.6. The van der Waals surface area contributed by atoms with E-state index in [-0.39, 0.29) is 31.9 Å². The number of fused-ring (bicyclic) bond motifs is 4. The minimum atomic E-state index is -1.86. The van der Waals surface area contributed by atoms with Crippen molar-refractivity contribution in [2.24, 2.45) is 5.92 Å². The van der Waals surface area contributed by atoms with Crippen molar-refractivity contribution in [3.63, 3.8) is 0 Å². The van der Waals surface area contributed by atoms with Crippen LogP contribution in [0.25, 0.3) is 72.4 Å². The minimum absolute atomic E-state index is 0. The molecule has 4 heterocycles. The Hall–Kier alpha value is -5.14. The maximum Gasteiger partial charge on any atom is 0.120 e. The van der Waals surface area contributed by atoms with Crippen molar-refractivity contribution in [1.82, 2.24) is 19.5 Å². The Morgan fingerprint density at radius 3 is 2.08 bits per heavy atom. The van der Waals surface area contributed by atoms with Gasteiger partial charge in [0.1, 0.15) is 5.58 Å². The van der Waals surface area contributed by atoms with Crippen LogP contribution in [0.4, 0.5) is 0 Å². The molecule has 0 aliphatic carbocycles. The van der Waals surface area contributed by atoms with Crippen LogP contribution in [0.2, 0.25) is 17.3 Å². The van der Waals surface area contributed by atoms with E-state index in [4.69, 9.17) is 14.4 Å². The van der Waals surface area contributed by atoms with Crippen LogP contribution in [-0.4, -0.2) is 32.8 Å². The summed E-state index contributed by atoms with van der Waals surface area (Å²) in [6.45, 7) is 13.6. The van der Waals surface area contributed by atoms with E-state index in [1.165, 1.54) is 27.8 Å². The Labute approximate surface area is 377 Å². The Bertz CT molecular complexity index is 2900. The third-order valence-corrected chi connectivity index (χ3v) is 15.5. The molecular weight excluding hydrogens is 985 g/mol. The Kier molecular flexibility index (Phi) is 13.3. The van der Waals surface area contributed by atoms with Gasteiger partial charge in [0, 0.05) is 37.4 Å². The predicted molar refractivity (Wildman–Crippen MR) is 254 cm³/mol. The van der Waals surface area contributed by atoms with Crippen LogP contribution in [0.15, 0.2) is 138 Å². The third kappa shape index (κ3) is 9.09. The maximum atomic E-state index is 6.46. The van der Waals surface area contributed by atoms with E-state index in [9.17, 15) is 0 Å². The molecule has 0 unspecified atom stereocenters. The number of pyridine rings is 2. The van der Waals surface area contributed by atoms with Crippen molar-refractivity contribution >= 4 is 50.6 Å². The van der Waals surface area contributed by atoms with Crippen molar-refractivity contribution in [1.29, 1.82) is 0 Å². The van der Waals surface area contributed by atoms with Crippen LogP contribution in [-0.2, 0) is 26.5 Å². The molecule has 4 aromatic heterocycles. The summed E-state index contributed by atoms with van der Waals surface area (Å²) in [5, 5.41) is 2.16. The zero-order valence-corrected chi connectivity index (χ0v) is 41.2. The van der Waals surface area contributed by atoms with Gasteiger partial charge in [-0.3, -0.25) is 9.97 Å². The second-order valence-electron chi connectivity index (χ2n) is 17.9. The molecule has 0 atom stereocenters. The fourth-order valence-electron chi connectivity index (χ4n) is 8.27. The number of imidazole rings is 1. The number of para-hydroxylation sites is 1. The largest absolute Gasteiger partial charge is 0.501 e. The van der Waals surface area contributed by atoms with Gasteiger partial charge in [0.05, 0.1) is 28.6 Å². The molecule has 0 saturated heterocycles. The van der Waals surface area contributed by atoms with Crippen molar-refractivity contribution in [2.45, 2.75) is 77.1 Å². The summed E-state index contributed by atoms with van der Waals surface area (Å²) in [5.41, 5.74) is 14.2. The van der Waals surface area contributed by atoms with E-state index < -0.39 is 13.3 Å². The van der Waals surface area contributed by atoms with E-state index in [1.54, 1.807) is 10.6 Å². The normalized spacial score (nSPS) is 11.7. The molecule has 5 nitrogen and oxygen atoms in total. The Morgan fingerprint density at radius 2 is 1.41 bits per heavy atom. The first-order chi connectivity index (χ1) is 28.9. The number of benzene rings is 5. The summed E-state index contributed by atoms with van der Waals surface area (Å²) in [5.74, 6) is 9.37. The van der Waals surface area contributed by atoms with Crippen LogP contribution in [0.1, 0.15) is 70.1 Å². The molecule has 0 bridgehead atoms. The van der Waals surface area contributed by atoms with Gasteiger partial charge < -0.3 is 8.98 Å². The SMILES string of the molecule is CC(C)Cc1cc(-c2[c-]cccc2)nc[c]1[Ge]([CH3])([CH3])[CH3].CC(C)c1cc(-c2ccccc2)cc(C(C)C)c1-n1c(-c2[c-]ccc3c2oc2ccccc23)nc2ccncc21.[Ir]. The van der Waals surface area contributed by atoms with Crippen LogP contribution < -0.4 is 4.40 Å². The van der Waals surface area contributed by atoms with Crippen molar-refractivity contribution in [2.75, 3.05) is 0 Å². The van der Waals surface area contributed by atoms with Crippen molar-refractivity contribution < 1.29 is 24.5 Å². The summed E-state index contributed by atoms with van der Waals surface area (Å²) < 4.78 is 10.3. The number of aromatic nitrogens is 4. The summed E-state index contributed by atoms with van der Waals surface area (Å²) >= 11 is -1.86. The molecule has 0 aliphatic rings. The molecule has 0 saturated carbocycles. The van der Waals surface area contributed by atoms with E-state index >= 15 is 0 Å². The average molecular weight is 1040 g/mol. The second-order valence-corrected chi connectivity index (χ2v) is 28.4. The standard InChI is InChI=1S/C36H30N3O.C18H24GeN.Ir/c1-22(2)29-19-25(24-11-6-5-7-12-24)20-30(23(3)4)34(29)39-32-21-37-18-17-31(32)38-36(39)28-15-10-14-27-26-13-8-9-16-33(26)40-35(27)28;1-14(2)11-16-12-18(15-9-7-6-8-10-15)20-13-17(16)19(3,4)5;/h5-14,16-23H,1-4H3;6-9,12-14H,11H2,1-5H3;/q2*-1;. The molecule has 5 aromatic carbocycles. The zero-order chi connectivity index (χ0) is 42.1. The van der Waals surface area contributed by atoms with Gasteiger partial charge in [0.25, 0.3) is 0 Å². The molecular formula is C54H54GeIrN4O-2. The minimum Gasteiger partial charge on any atom is -0.501 e. The van der Waals surface area contributed by atoms with Gasteiger partial charge in [-0.2, -0.15) is 0 Å². The summed E-state index contributed by atoms with van der Waals surface area (Å²) in [4.78, 5) is 14.4. The van der Waals surface area contributed by atoms with Gasteiger partial charge in [0.2, 0.25) is 0 Å². The molecule has 9 rings (SSSR count). The molecule has 61 heavy (non-hydrogen) atoms. The molecule has 0 aliphatic heterocycles. The monoisotopic (exact) mass is 1040 g/mol. The van der Waals surface area contributed by atoms with Crippen LogP contribution in [0, 0.1) is 18.1 Å². The quantitative estimate of drug-likeness (QED) is 0.107. The van der Waals surface area contributed by atoms with Crippen LogP contribution in [0.3, 0.4) is 0 Å². The first-order valence-electron chi connectivity index (χ1n) is 21.2. The smallest absolute Gasteiger partial charge is 0.120 e. The molecule has 0 spiro atoms.